The largest absolute Gasteiger partial charge is 0.497 e. The molecule has 0 atom stereocenters. The van der Waals surface area contributed by atoms with Crippen LogP contribution in [0.15, 0.2) is 44.9 Å². The summed E-state index contributed by atoms with van der Waals surface area (Å²) >= 11 is 0. The van der Waals surface area contributed by atoms with Gasteiger partial charge in [-0.1, -0.05) is 12.1 Å². The maximum atomic E-state index is 5.06. The summed E-state index contributed by atoms with van der Waals surface area (Å²) in [7, 11) is 1.63. The summed E-state index contributed by atoms with van der Waals surface area (Å²) in [6, 6.07) is 7.54. The fraction of sp³-hybridized carbons (Fsp3) is 0.333. The summed E-state index contributed by atoms with van der Waals surface area (Å²) in [4.78, 5) is 0. The number of benzene rings is 1. The molecule has 0 N–H and O–H groups in total. The highest BCUT2D eigenvalue weighted by Gasteiger charge is 2.28. The van der Waals surface area contributed by atoms with E-state index < -0.39 is 5.66 Å². The first-order valence-electron chi connectivity index (χ1n) is 4.23. The topological polar surface area (TPSA) is 58.7 Å². The minimum Gasteiger partial charge on any atom is -0.497 e. The molecule has 0 saturated heterocycles. The van der Waals surface area contributed by atoms with E-state index in [-0.39, 0.29) is 0 Å². The van der Waals surface area contributed by atoms with Gasteiger partial charge < -0.3 is 4.74 Å². The summed E-state index contributed by atoms with van der Waals surface area (Å²) in [5, 5.41) is 14.9. The van der Waals surface area contributed by atoms with Crippen LogP contribution >= 0.6 is 0 Å². The first-order chi connectivity index (χ1) is 6.74. The third-order valence-corrected chi connectivity index (χ3v) is 2.16. The van der Waals surface area contributed by atoms with E-state index in [1.807, 2.05) is 31.2 Å². The molecule has 0 aromatic heterocycles. The van der Waals surface area contributed by atoms with E-state index in [2.05, 4.69) is 20.7 Å². The fourth-order valence-electron chi connectivity index (χ4n) is 1.26. The molecule has 1 heterocycles. The number of rotatable bonds is 2. The first-order valence-corrected chi connectivity index (χ1v) is 4.23. The van der Waals surface area contributed by atoms with E-state index in [0.29, 0.717) is 0 Å². The smallest absolute Gasteiger partial charge is 0.217 e. The Morgan fingerprint density at radius 1 is 1.07 bits per heavy atom. The van der Waals surface area contributed by atoms with E-state index in [0.717, 1.165) is 11.3 Å². The molecule has 0 fully saturated rings. The Morgan fingerprint density at radius 2 is 1.64 bits per heavy atom. The van der Waals surface area contributed by atoms with Crippen molar-refractivity contribution in [2.24, 2.45) is 20.7 Å². The van der Waals surface area contributed by atoms with Gasteiger partial charge in [0.2, 0.25) is 5.66 Å². The predicted octanol–water partition coefficient (Wildman–Crippen LogP) is 2.70. The summed E-state index contributed by atoms with van der Waals surface area (Å²) in [6.45, 7) is 1.86. The van der Waals surface area contributed by atoms with Crippen LogP contribution in [0.25, 0.3) is 0 Å². The van der Waals surface area contributed by atoms with Crippen molar-refractivity contribution in [2.45, 2.75) is 12.6 Å². The number of hydrogen-bond acceptors (Lipinski definition) is 5. The Hall–Kier alpha value is -1.78. The van der Waals surface area contributed by atoms with E-state index in [1.54, 1.807) is 7.11 Å². The fourth-order valence-corrected chi connectivity index (χ4v) is 1.26. The predicted molar refractivity (Wildman–Crippen MR) is 50.1 cm³/mol. The monoisotopic (exact) mass is 190 g/mol. The van der Waals surface area contributed by atoms with Crippen molar-refractivity contribution in [1.82, 2.24) is 0 Å². The Balaban J connectivity index is 2.33. The maximum Gasteiger partial charge on any atom is 0.217 e. The second kappa shape index (κ2) is 3.17. The SMILES string of the molecule is COc1ccc(C2(C)N=NN=N2)cc1. The maximum absolute atomic E-state index is 5.06. The third kappa shape index (κ3) is 1.37. The molecule has 5 heteroatoms. The van der Waals surface area contributed by atoms with Gasteiger partial charge in [-0.05, 0) is 29.5 Å². The molecular weight excluding hydrogens is 180 g/mol. The molecule has 14 heavy (non-hydrogen) atoms. The number of nitrogens with zero attached hydrogens (tertiary/aromatic N) is 4. The highest BCUT2D eigenvalue weighted by molar-refractivity contribution is 5.31. The summed E-state index contributed by atoms with van der Waals surface area (Å²) < 4.78 is 5.06. The number of methoxy groups -OCH3 is 1. The Morgan fingerprint density at radius 3 is 2.14 bits per heavy atom. The van der Waals surface area contributed by atoms with Crippen LogP contribution < -0.4 is 4.74 Å². The molecule has 5 nitrogen and oxygen atoms in total. The molecule has 0 spiro atoms. The molecule has 0 amide bonds. The zero-order chi connectivity index (χ0) is 10.0. The standard InChI is InChI=1S/C9H10N4O/c1-9(10-12-13-11-9)7-3-5-8(14-2)6-4-7/h3-6H,1-2H3. The molecule has 0 bridgehead atoms. The summed E-state index contributed by atoms with van der Waals surface area (Å²) in [5.74, 6) is 0.809. The average molecular weight is 190 g/mol. The lowest BCUT2D eigenvalue weighted by Gasteiger charge is -2.13. The van der Waals surface area contributed by atoms with Crippen LogP contribution in [0.5, 0.6) is 5.75 Å². The highest BCUT2D eigenvalue weighted by Crippen LogP contribution is 2.32. The van der Waals surface area contributed by atoms with Crippen molar-refractivity contribution in [3.63, 3.8) is 0 Å². The Labute approximate surface area is 81.5 Å². The van der Waals surface area contributed by atoms with Crippen molar-refractivity contribution in [3.05, 3.63) is 29.8 Å². The lowest BCUT2D eigenvalue weighted by atomic mass is 10.0. The minimum atomic E-state index is -0.660. The molecule has 1 aliphatic rings. The summed E-state index contributed by atoms with van der Waals surface area (Å²) in [6.07, 6.45) is 0. The zero-order valence-electron chi connectivity index (χ0n) is 8.01. The van der Waals surface area contributed by atoms with Crippen LogP contribution in [-0.4, -0.2) is 7.11 Å². The van der Waals surface area contributed by atoms with Gasteiger partial charge in [-0.2, -0.15) is 0 Å². The quantitative estimate of drug-likeness (QED) is 0.707. The van der Waals surface area contributed by atoms with E-state index >= 15 is 0 Å². The van der Waals surface area contributed by atoms with E-state index in [9.17, 15) is 0 Å². The van der Waals surface area contributed by atoms with Crippen LogP contribution in [0.3, 0.4) is 0 Å². The second-order valence-electron chi connectivity index (χ2n) is 3.13. The van der Waals surface area contributed by atoms with Gasteiger partial charge in [-0.15, -0.1) is 10.2 Å². The van der Waals surface area contributed by atoms with Crippen LogP contribution in [0, 0.1) is 0 Å². The molecule has 1 aromatic carbocycles. The molecule has 72 valence electrons. The van der Waals surface area contributed by atoms with Crippen molar-refractivity contribution in [2.75, 3.05) is 7.11 Å². The van der Waals surface area contributed by atoms with Crippen molar-refractivity contribution >= 4 is 0 Å². The van der Waals surface area contributed by atoms with Crippen LogP contribution in [0.1, 0.15) is 12.5 Å². The van der Waals surface area contributed by atoms with Crippen LogP contribution in [-0.2, 0) is 5.66 Å². The molecule has 2 rings (SSSR count). The molecule has 1 aliphatic heterocycles. The molecule has 0 aliphatic carbocycles. The zero-order valence-corrected chi connectivity index (χ0v) is 8.01. The lowest BCUT2D eigenvalue weighted by Crippen LogP contribution is -2.12. The number of hydrogen-bond donors (Lipinski definition) is 0. The van der Waals surface area contributed by atoms with Crippen molar-refractivity contribution in [3.8, 4) is 5.75 Å². The number of ether oxygens (including phenoxy) is 1. The van der Waals surface area contributed by atoms with E-state index in [1.165, 1.54) is 0 Å². The van der Waals surface area contributed by atoms with Crippen molar-refractivity contribution in [1.29, 1.82) is 0 Å². The van der Waals surface area contributed by atoms with Gasteiger partial charge in [0.15, 0.2) is 0 Å². The van der Waals surface area contributed by atoms with Gasteiger partial charge >= 0.3 is 0 Å². The Bertz CT molecular complexity index is 370. The second-order valence-corrected chi connectivity index (χ2v) is 3.13. The normalized spacial score (nSPS) is 17.3. The van der Waals surface area contributed by atoms with Crippen molar-refractivity contribution < 1.29 is 4.74 Å². The lowest BCUT2D eigenvalue weighted by molar-refractivity contribution is 0.414. The van der Waals surface area contributed by atoms with Gasteiger partial charge in [-0.25, -0.2) is 0 Å². The highest BCUT2D eigenvalue weighted by atomic mass is 16.5. The molecule has 0 saturated carbocycles. The Kier molecular flexibility index (Phi) is 1.99. The first kappa shape index (κ1) is 8.80. The van der Waals surface area contributed by atoms with Gasteiger partial charge in [0.1, 0.15) is 5.75 Å². The molecular formula is C9H10N4O. The average Bonchev–Trinajstić information content (AvgIpc) is 2.67. The van der Waals surface area contributed by atoms with Gasteiger partial charge in [0, 0.05) is 5.56 Å². The minimum absolute atomic E-state index is 0.660. The van der Waals surface area contributed by atoms with Crippen LogP contribution in [0.2, 0.25) is 0 Å². The van der Waals surface area contributed by atoms with Gasteiger partial charge in [0.25, 0.3) is 0 Å². The molecule has 1 aromatic rings. The van der Waals surface area contributed by atoms with Gasteiger partial charge in [0.05, 0.1) is 7.11 Å². The molecule has 0 radical (unpaired) electrons. The summed E-state index contributed by atoms with van der Waals surface area (Å²) in [5.41, 5.74) is 0.287. The third-order valence-electron chi connectivity index (χ3n) is 2.16. The van der Waals surface area contributed by atoms with E-state index in [4.69, 9.17) is 4.74 Å². The van der Waals surface area contributed by atoms with Gasteiger partial charge in [-0.3, -0.25) is 0 Å². The van der Waals surface area contributed by atoms with Crippen LogP contribution in [0.4, 0.5) is 0 Å². The molecule has 0 unspecified atom stereocenters.